The van der Waals surface area contributed by atoms with Crippen molar-refractivity contribution in [3.8, 4) is 0 Å². The van der Waals surface area contributed by atoms with Crippen LogP contribution in [0.25, 0.3) is 0 Å². The zero-order valence-electron chi connectivity index (χ0n) is 10.7. The summed E-state index contributed by atoms with van der Waals surface area (Å²) in [7, 11) is -0.595. The van der Waals surface area contributed by atoms with E-state index in [1.54, 1.807) is 0 Å². The predicted octanol–water partition coefficient (Wildman–Crippen LogP) is 2.31. The first-order valence-corrected chi connectivity index (χ1v) is 8.09. The van der Waals surface area contributed by atoms with Crippen molar-refractivity contribution in [2.24, 2.45) is 11.8 Å². The lowest BCUT2D eigenvalue weighted by molar-refractivity contribution is 0.238. The summed E-state index contributed by atoms with van der Waals surface area (Å²) in [5.74, 6) is 2.44. The summed E-state index contributed by atoms with van der Waals surface area (Å²) in [5, 5.41) is 4.10. The van der Waals surface area contributed by atoms with E-state index in [4.69, 9.17) is 0 Å². The fraction of sp³-hybridized carbons (Fsp3) is 1.00. The summed E-state index contributed by atoms with van der Waals surface area (Å²) in [5.41, 5.74) is 0. The minimum absolute atomic E-state index is 0.422. The third-order valence-electron chi connectivity index (χ3n) is 4.36. The first kappa shape index (κ1) is 12.6. The molecular formula is C13H25NOS. The maximum Gasteiger partial charge on any atom is 0.0504 e. The van der Waals surface area contributed by atoms with Crippen LogP contribution in [0.4, 0.5) is 0 Å². The van der Waals surface area contributed by atoms with Gasteiger partial charge in [-0.05, 0) is 44.4 Å². The summed E-state index contributed by atoms with van der Waals surface area (Å²) in [6.07, 6.45) is 4.79. The van der Waals surface area contributed by atoms with Crippen molar-refractivity contribution in [2.75, 3.05) is 5.75 Å². The molecule has 2 nitrogen and oxygen atoms in total. The van der Waals surface area contributed by atoms with Gasteiger partial charge in [0.2, 0.25) is 0 Å². The number of hydrogen-bond donors (Lipinski definition) is 1. The van der Waals surface area contributed by atoms with Crippen LogP contribution in [0.1, 0.15) is 46.5 Å². The van der Waals surface area contributed by atoms with Gasteiger partial charge in [-0.1, -0.05) is 13.8 Å². The molecule has 0 amide bonds. The third-order valence-corrected chi connectivity index (χ3v) is 6.20. The van der Waals surface area contributed by atoms with Gasteiger partial charge in [0.05, 0.1) is 5.25 Å². The van der Waals surface area contributed by atoms with Gasteiger partial charge in [-0.15, -0.1) is 0 Å². The molecule has 0 spiro atoms. The van der Waals surface area contributed by atoms with Crippen molar-refractivity contribution in [2.45, 2.75) is 63.8 Å². The van der Waals surface area contributed by atoms with E-state index in [0.29, 0.717) is 17.3 Å². The molecule has 2 rings (SSSR count). The van der Waals surface area contributed by atoms with Crippen molar-refractivity contribution in [3.63, 3.8) is 0 Å². The van der Waals surface area contributed by atoms with Crippen LogP contribution in [0.15, 0.2) is 0 Å². The van der Waals surface area contributed by atoms with E-state index in [0.717, 1.165) is 24.0 Å². The Kier molecular flexibility index (Phi) is 4.06. The zero-order valence-corrected chi connectivity index (χ0v) is 11.6. The van der Waals surface area contributed by atoms with E-state index >= 15 is 0 Å². The molecule has 1 saturated carbocycles. The van der Waals surface area contributed by atoms with Crippen LogP contribution in [-0.2, 0) is 10.8 Å². The maximum atomic E-state index is 12.2. The summed E-state index contributed by atoms with van der Waals surface area (Å²) >= 11 is 0. The first-order valence-electron chi connectivity index (χ1n) is 6.71. The average molecular weight is 243 g/mol. The van der Waals surface area contributed by atoms with Crippen LogP contribution >= 0.6 is 0 Å². The van der Waals surface area contributed by atoms with Gasteiger partial charge in [-0.3, -0.25) is 4.21 Å². The Labute approximate surface area is 102 Å². The molecule has 0 bridgehead atoms. The molecule has 1 N–H and O–H groups in total. The molecule has 0 aromatic heterocycles. The molecule has 1 saturated heterocycles. The highest BCUT2D eigenvalue weighted by molar-refractivity contribution is 7.85. The van der Waals surface area contributed by atoms with Crippen LogP contribution in [0, 0.1) is 11.8 Å². The fourth-order valence-electron chi connectivity index (χ4n) is 3.14. The average Bonchev–Trinajstić information content (AvgIpc) is 2.38. The van der Waals surface area contributed by atoms with E-state index < -0.39 is 10.8 Å². The standard InChI is InChI=1S/C13H25NOS/c1-9(2)11-4-5-12-13(8-11)16(15)7-6-10(3)14-12/h9-14H,4-8H2,1-3H3. The van der Waals surface area contributed by atoms with Crippen LogP contribution in [0.2, 0.25) is 0 Å². The van der Waals surface area contributed by atoms with Gasteiger partial charge in [0.25, 0.3) is 0 Å². The van der Waals surface area contributed by atoms with E-state index in [1.807, 2.05) is 0 Å². The molecule has 16 heavy (non-hydrogen) atoms. The molecule has 1 aliphatic carbocycles. The highest BCUT2D eigenvalue weighted by Gasteiger charge is 2.37. The Hall–Kier alpha value is 0.110. The molecular weight excluding hydrogens is 218 g/mol. The van der Waals surface area contributed by atoms with Crippen LogP contribution in [0.3, 0.4) is 0 Å². The van der Waals surface area contributed by atoms with Gasteiger partial charge in [0.15, 0.2) is 0 Å². The Morgan fingerprint density at radius 3 is 2.69 bits per heavy atom. The Bertz CT molecular complexity index is 267. The van der Waals surface area contributed by atoms with E-state index in [2.05, 4.69) is 26.1 Å². The second-order valence-corrected chi connectivity index (χ2v) is 7.68. The molecule has 94 valence electrons. The van der Waals surface area contributed by atoms with E-state index in [-0.39, 0.29) is 0 Å². The summed E-state index contributed by atoms with van der Waals surface area (Å²) in [6.45, 7) is 6.84. The lowest BCUT2D eigenvalue weighted by Gasteiger charge is -2.37. The zero-order chi connectivity index (χ0) is 11.7. The fourth-order valence-corrected chi connectivity index (χ4v) is 5.07. The Morgan fingerprint density at radius 2 is 2.00 bits per heavy atom. The smallest absolute Gasteiger partial charge is 0.0504 e. The highest BCUT2D eigenvalue weighted by atomic mass is 32.2. The van der Waals surface area contributed by atoms with Crippen molar-refractivity contribution >= 4 is 10.8 Å². The largest absolute Gasteiger partial charge is 0.310 e. The number of hydrogen-bond acceptors (Lipinski definition) is 2. The number of rotatable bonds is 1. The van der Waals surface area contributed by atoms with Gasteiger partial charge < -0.3 is 5.32 Å². The molecule has 1 heterocycles. The second kappa shape index (κ2) is 5.18. The van der Waals surface area contributed by atoms with E-state index in [9.17, 15) is 4.21 Å². The van der Waals surface area contributed by atoms with Gasteiger partial charge in [-0.2, -0.15) is 0 Å². The lowest BCUT2D eigenvalue weighted by atomic mass is 9.79. The van der Waals surface area contributed by atoms with E-state index in [1.165, 1.54) is 19.3 Å². The third kappa shape index (κ3) is 2.67. The van der Waals surface area contributed by atoms with Gasteiger partial charge >= 0.3 is 0 Å². The van der Waals surface area contributed by atoms with Gasteiger partial charge in [-0.25, -0.2) is 0 Å². The molecule has 3 heteroatoms. The molecule has 2 aliphatic rings. The summed E-state index contributed by atoms with van der Waals surface area (Å²) in [6, 6.07) is 1.07. The molecule has 5 unspecified atom stereocenters. The summed E-state index contributed by atoms with van der Waals surface area (Å²) < 4.78 is 12.2. The predicted molar refractivity (Wildman–Crippen MR) is 70.0 cm³/mol. The molecule has 5 atom stereocenters. The van der Waals surface area contributed by atoms with Crippen LogP contribution in [-0.4, -0.2) is 27.3 Å². The normalized spacial score (nSPS) is 45.1. The van der Waals surface area contributed by atoms with Crippen molar-refractivity contribution in [3.05, 3.63) is 0 Å². The summed E-state index contributed by atoms with van der Waals surface area (Å²) in [4.78, 5) is 0. The number of fused-ring (bicyclic) bond motifs is 1. The quantitative estimate of drug-likeness (QED) is 0.766. The molecule has 2 fully saturated rings. The first-order chi connectivity index (χ1) is 7.58. The minimum Gasteiger partial charge on any atom is -0.310 e. The Morgan fingerprint density at radius 1 is 1.25 bits per heavy atom. The lowest BCUT2D eigenvalue weighted by Crippen LogP contribution is -2.47. The monoisotopic (exact) mass is 243 g/mol. The van der Waals surface area contributed by atoms with Gasteiger partial charge in [0.1, 0.15) is 0 Å². The number of nitrogens with one attached hydrogen (secondary N) is 1. The van der Waals surface area contributed by atoms with Crippen LogP contribution < -0.4 is 5.32 Å². The second-order valence-electron chi connectivity index (χ2n) is 5.90. The van der Waals surface area contributed by atoms with Crippen molar-refractivity contribution in [1.29, 1.82) is 0 Å². The highest BCUT2D eigenvalue weighted by Crippen LogP contribution is 2.34. The minimum atomic E-state index is -0.595. The Balaban J connectivity index is 2.06. The molecule has 1 aliphatic heterocycles. The molecule has 0 aromatic rings. The SMILES string of the molecule is CC1CCS(=O)C2CC(C(C)C)CCC2N1. The molecule has 0 aromatic carbocycles. The molecule has 0 radical (unpaired) electrons. The van der Waals surface area contributed by atoms with Gasteiger partial charge in [0, 0.05) is 28.6 Å². The topological polar surface area (TPSA) is 29.1 Å². The van der Waals surface area contributed by atoms with Crippen molar-refractivity contribution < 1.29 is 4.21 Å². The van der Waals surface area contributed by atoms with Crippen molar-refractivity contribution in [1.82, 2.24) is 5.32 Å². The van der Waals surface area contributed by atoms with Crippen LogP contribution in [0.5, 0.6) is 0 Å². The maximum absolute atomic E-state index is 12.2.